The first-order valence-corrected chi connectivity index (χ1v) is 7.61. The van der Waals surface area contributed by atoms with E-state index in [-0.39, 0.29) is 17.6 Å². The van der Waals surface area contributed by atoms with Gasteiger partial charge in [-0.3, -0.25) is 4.79 Å². The third-order valence-electron chi connectivity index (χ3n) is 3.96. The van der Waals surface area contributed by atoms with Crippen LogP contribution in [0.15, 0.2) is 48.5 Å². The van der Waals surface area contributed by atoms with Crippen molar-refractivity contribution in [2.75, 3.05) is 11.9 Å². The van der Waals surface area contributed by atoms with E-state index in [1.54, 1.807) is 29.2 Å². The van der Waals surface area contributed by atoms with Crippen LogP contribution < -0.4 is 5.32 Å². The third-order valence-corrected chi connectivity index (χ3v) is 3.96. The van der Waals surface area contributed by atoms with E-state index in [0.29, 0.717) is 12.1 Å². The highest BCUT2D eigenvalue weighted by Crippen LogP contribution is 2.33. The number of hydrogen-bond donors (Lipinski definition) is 2. The van der Waals surface area contributed by atoms with E-state index < -0.39 is 5.97 Å². The van der Waals surface area contributed by atoms with Crippen LogP contribution in [0.4, 0.5) is 5.69 Å². The van der Waals surface area contributed by atoms with E-state index in [0.717, 1.165) is 17.7 Å². The molecule has 1 atom stereocenters. The van der Waals surface area contributed by atoms with Crippen molar-refractivity contribution >= 4 is 17.6 Å². The number of fused-ring (bicyclic) bond motifs is 1. The van der Waals surface area contributed by atoms with Gasteiger partial charge in [-0.15, -0.1) is 0 Å². The summed E-state index contributed by atoms with van der Waals surface area (Å²) in [6.45, 7) is 2.66. The summed E-state index contributed by atoms with van der Waals surface area (Å²) in [4.78, 5) is 25.5. The first-order chi connectivity index (χ1) is 11.1. The van der Waals surface area contributed by atoms with E-state index in [2.05, 4.69) is 5.32 Å². The maximum absolute atomic E-state index is 12.8. The molecule has 3 rings (SSSR count). The van der Waals surface area contributed by atoms with Gasteiger partial charge in [0.1, 0.15) is 6.17 Å². The number of benzene rings is 2. The fraction of sp³-hybridized carbons (Fsp3) is 0.222. The highest BCUT2D eigenvalue weighted by Gasteiger charge is 2.32. The molecule has 0 aliphatic carbocycles. The summed E-state index contributed by atoms with van der Waals surface area (Å²) in [5, 5.41) is 12.4. The Morgan fingerprint density at radius 3 is 2.52 bits per heavy atom. The van der Waals surface area contributed by atoms with Crippen LogP contribution in [-0.4, -0.2) is 28.4 Å². The van der Waals surface area contributed by atoms with Crippen LogP contribution in [0.1, 0.15) is 45.8 Å². The maximum atomic E-state index is 12.8. The van der Waals surface area contributed by atoms with Crippen LogP contribution in [0.25, 0.3) is 0 Å². The number of nitrogens with one attached hydrogen (secondary N) is 1. The number of carbonyl (C=O) groups excluding carboxylic acids is 1. The molecular formula is C18H18N2O3. The molecule has 2 aromatic rings. The molecule has 0 aromatic heterocycles. The van der Waals surface area contributed by atoms with E-state index in [1.807, 2.05) is 31.2 Å². The highest BCUT2D eigenvalue weighted by atomic mass is 16.4. The molecule has 0 radical (unpaired) electrons. The van der Waals surface area contributed by atoms with Gasteiger partial charge in [0, 0.05) is 12.2 Å². The topological polar surface area (TPSA) is 69.6 Å². The number of para-hydroxylation sites is 1. The predicted octanol–water partition coefficient (Wildman–Crippen LogP) is 3.36. The van der Waals surface area contributed by atoms with Crippen molar-refractivity contribution in [3.05, 3.63) is 65.2 Å². The smallest absolute Gasteiger partial charge is 0.335 e. The summed E-state index contributed by atoms with van der Waals surface area (Å²) >= 11 is 0. The van der Waals surface area contributed by atoms with Crippen LogP contribution in [0, 0.1) is 0 Å². The Morgan fingerprint density at radius 1 is 1.17 bits per heavy atom. The van der Waals surface area contributed by atoms with E-state index in [1.165, 1.54) is 0 Å². The SMILES string of the molecule is CCCN1C(=O)c2ccccc2N[C@@H]1c1ccc(C(=O)O)cc1. The fourth-order valence-corrected chi connectivity index (χ4v) is 2.84. The van der Waals surface area contributed by atoms with Crippen LogP contribution in [0.2, 0.25) is 0 Å². The maximum Gasteiger partial charge on any atom is 0.335 e. The van der Waals surface area contributed by atoms with Crippen LogP contribution in [-0.2, 0) is 0 Å². The van der Waals surface area contributed by atoms with Crippen LogP contribution in [0.5, 0.6) is 0 Å². The van der Waals surface area contributed by atoms with Gasteiger partial charge in [-0.1, -0.05) is 31.2 Å². The van der Waals surface area contributed by atoms with Crippen LogP contribution in [0.3, 0.4) is 0 Å². The van der Waals surface area contributed by atoms with Gasteiger partial charge < -0.3 is 15.3 Å². The first kappa shape index (κ1) is 15.1. The zero-order chi connectivity index (χ0) is 16.4. The summed E-state index contributed by atoms with van der Waals surface area (Å²) in [6.07, 6.45) is 0.555. The summed E-state index contributed by atoms with van der Waals surface area (Å²) in [6, 6.07) is 14.1. The second-order valence-electron chi connectivity index (χ2n) is 5.52. The molecule has 0 saturated heterocycles. The second-order valence-corrected chi connectivity index (χ2v) is 5.52. The average Bonchev–Trinajstić information content (AvgIpc) is 2.57. The number of hydrogen-bond acceptors (Lipinski definition) is 3. The molecule has 0 spiro atoms. The molecule has 1 heterocycles. The van der Waals surface area contributed by atoms with Gasteiger partial charge in [0.05, 0.1) is 11.1 Å². The predicted molar refractivity (Wildman–Crippen MR) is 87.5 cm³/mol. The van der Waals surface area contributed by atoms with Gasteiger partial charge in [-0.25, -0.2) is 4.79 Å². The largest absolute Gasteiger partial charge is 0.478 e. The molecule has 2 aromatic carbocycles. The number of carboxylic acids is 1. The summed E-state index contributed by atoms with van der Waals surface area (Å²) < 4.78 is 0. The Balaban J connectivity index is 1.99. The molecule has 5 nitrogen and oxygen atoms in total. The lowest BCUT2D eigenvalue weighted by Crippen LogP contribution is -2.43. The standard InChI is InChI=1S/C18H18N2O3/c1-2-11-20-16(12-7-9-13(10-8-12)18(22)23)19-15-6-4-3-5-14(15)17(20)21/h3-10,16,19H,2,11H2,1H3,(H,22,23)/t16-/m0/s1. The molecule has 0 fully saturated rings. The van der Waals surface area contributed by atoms with Gasteiger partial charge in [0.15, 0.2) is 0 Å². The van der Waals surface area contributed by atoms with E-state index in [4.69, 9.17) is 5.11 Å². The minimum Gasteiger partial charge on any atom is -0.478 e. The van der Waals surface area contributed by atoms with Gasteiger partial charge in [-0.05, 0) is 36.2 Å². The first-order valence-electron chi connectivity index (χ1n) is 7.61. The number of rotatable bonds is 4. The molecule has 1 aliphatic heterocycles. The normalized spacial score (nSPS) is 16.7. The van der Waals surface area contributed by atoms with Crippen LogP contribution >= 0.6 is 0 Å². The lowest BCUT2D eigenvalue weighted by molar-refractivity contribution is 0.0676. The zero-order valence-corrected chi connectivity index (χ0v) is 12.8. The Bertz CT molecular complexity index is 740. The molecule has 5 heteroatoms. The molecule has 23 heavy (non-hydrogen) atoms. The van der Waals surface area contributed by atoms with Crippen molar-refractivity contribution in [1.82, 2.24) is 4.90 Å². The Morgan fingerprint density at radius 2 is 1.87 bits per heavy atom. The van der Waals surface area contributed by atoms with Gasteiger partial charge in [0.25, 0.3) is 5.91 Å². The fourth-order valence-electron chi connectivity index (χ4n) is 2.84. The number of aromatic carboxylic acids is 1. The number of carboxylic acid groups (broad SMARTS) is 1. The Kier molecular flexibility index (Phi) is 4.02. The van der Waals surface area contributed by atoms with Gasteiger partial charge in [0.2, 0.25) is 0 Å². The number of amides is 1. The van der Waals surface area contributed by atoms with E-state index >= 15 is 0 Å². The number of nitrogens with zero attached hydrogens (tertiary/aromatic N) is 1. The third kappa shape index (κ3) is 2.77. The molecule has 0 bridgehead atoms. The molecule has 2 N–H and O–H groups in total. The lowest BCUT2D eigenvalue weighted by atomic mass is 10.0. The van der Waals surface area contributed by atoms with Crippen molar-refractivity contribution in [1.29, 1.82) is 0 Å². The average molecular weight is 310 g/mol. The van der Waals surface area contributed by atoms with Gasteiger partial charge in [-0.2, -0.15) is 0 Å². The van der Waals surface area contributed by atoms with E-state index in [9.17, 15) is 9.59 Å². The molecule has 1 amide bonds. The molecule has 1 aliphatic rings. The zero-order valence-electron chi connectivity index (χ0n) is 12.8. The van der Waals surface area contributed by atoms with Gasteiger partial charge >= 0.3 is 5.97 Å². The van der Waals surface area contributed by atoms with Crippen molar-refractivity contribution in [3.8, 4) is 0 Å². The quantitative estimate of drug-likeness (QED) is 0.908. The number of anilines is 1. The summed E-state index contributed by atoms with van der Waals surface area (Å²) in [5.74, 6) is -0.964. The minimum atomic E-state index is -0.958. The highest BCUT2D eigenvalue weighted by molar-refractivity contribution is 6.01. The Hall–Kier alpha value is -2.82. The number of carbonyl (C=O) groups is 2. The lowest BCUT2D eigenvalue weighted by Gasteiger charge is -2.38. The van der Waals surface area contributed by atoms with Crippen molar-refractivity contribution < 1.29 is 14.7 Å². The van der Waals surface area contributed by atoms with Crippen molar-refractivity contribution in [2.24, 2.45) is 0 Å². The molecular weight excluding hydrogens is 292 g/mol. The molecule has 0 unspecified atom stereocenters. The van der Waals surface area contributed by atoms with Crippen molar-refractivity contribution in [3.63, 3.8) is 0 Å². The molecule has 0 saturated carbocycles. The second kappa shape index (κ2) is 6.12. The molecule has 118 valence electrons. The summed E-state index contributed by atoms with van der Waals surface area (Å²) in [7, 11) is 0. The summed E-state index contributed by atoms with van der Waals surface area (Å²) in [5.41, 5.74) is 2.57. The monoisotopic (exact) mass is 310 g/mol. The minimum absolute atomic E-state index is 0.00601. The Labute approximate surface area is 134 Å². The van der Waals surface area contributed by atoms with Crippen molar-refractivity contribution in [2.45, 2.75) is 19.5 Å².